The summed E-state index contributed by atoms with van der Waals surface area (Å²) < 4.78 is 0. The molecular weight excluding hydrogens is 234 g/mol. The third kappa shape index (κ3) is 3.05. The first-order valence-electron chi connectivity index (χ1n) is 6.48. The Labute approximate surface area is 115 Å². The Balaban J connectivity index is 2.17. The predicted molar refractivity (Wildman–Crippen MR) is 81.4 cm³/mol. The van der Waals surface area contributed by atoms with Gasteiger partial charge in [0, 0.05) is 13.6 Å². The molecule has 1 aromatic heterocycles. The summed E-state index contributed by atoms with van der Waals surface area (Å²) >= 11 is 0. The van der Waals surface area contributed by atoms with Crippen molar-refractivity contribution in [3.63, 3.8) is 0 Å². The lowest BCUT2D eigenvalue weighted by atomic mass is 10.1. The number of pyridine rings is 1. The molecule has 1 aromatic carbocycles. The summed E-state index contributed by atoms with van der Waals surface area (Å²) in [6.45, 7) is 7.05. The van der Waals surface area contributed by atoms with Crippen LogP contribution in [-0.4, -0.2) is 12.0 Å². The highest BCUT2D eigenvalue weighted by Crippen LogP contribution is 2.18. The quantitative estimate of drug-likeness (QED) is 0.915. The van der Waals surface area contributed by atoms with Gasteiger partial charge in [-0.05, 0) is 49.6 Å². The van der Waals surface area contributed by atoms with E-state index in [2.05, 4.69) is 41.9 Å². The second-order valence-electron chi connectivity index (χ2n) is 5.12. The zero-order chi connectivity index (χ0) is 14.0. The molecule has 19 heavy (non-hydrogen) atoms. The number of nitrogens with zero attached hydrogens (tertiary/aromatic N) is 2. The molecule has 0 fully saturated rings. The first kappa shape index (κ1) is 13.4. The maximum atomic E-state index is 5.80. The number of aromatic nitrogens is 1. The Hall–Kier alpha value is -2.03. The Morgan fingerprint density at radius 3 is 2.42 bits per heavy atom. The monoisotopic (exact) mass is 255 g/mol. The number of rotatable bonds is 3. The number of aryl methyl sites for hydroxylation is 3. The van der Waals surface area contributed by atoms with E-state index in [0.717, 1.165) is 23.7 Å². The average Bonchev–Trinajstić information content (AvgIpc) is 2.37. The van der Waals surface area contributed by atoms with Crippen molar-refractivity contribution in [1.29, 1.82) is 0 Å². The van der Waals surface area contributed by atoms with E-state index in [1.165, 1.54) is 16.7 Å². The SMILES string of the molecule is Cc1ccc(CN(C)c2ccc(N)c(C)n2)cc1C. The van der Waals surface area contributed by atoms with Crippen LogP contribution in [-0.2, 0) is 6.54 Å². The summed E-state index contributed by atoms with van der Waals surface area (Å²) in [5, 5.41) is 0. The Bertz CT molecular complexity index is 591. The molecule has 0 amide bonds. The molecule has 0 radical (unpaired) electrons. The lowest BCUT2D eigenvalue weighted by Gasteiger charge is -2.19. The second kappa shape index (κ2) is 5.31. The molecule has 0 spiro atoms. The highest BCUT2D eigenvalue weighted by atomic mass is 15.2. The molecule has 0 bridgehead atoms. The van der Waals surface area contributed by atoms with Gasteiger partial charge in [0.1, 0.15) is 5.82 Å². The highest BCUT2D eigenvalue weighted by Gasteiger charge is 2.06. The number of benzene rings is 1. The van der Waals surface area contributed by atoms with E-state index in [1.807, 2.05) is 26.1 Å². The maximum Gasteiger partial charge on any atom is 0.128 e. The van der Waals surface area contributed by atoms with Gasteiger partial charge in [-0.1, -0.05) is 18.2 Å². The number of anilines is 2. The van der Waals surface area contributed by atoms with E-state index in [0.29, 0.717) is 0 Å². The van der Waals surface area contributed by atoms with Crippen molar-refractivity contribution >= 4 is 11.5 Å². The second-order valence-corrected chi connectivity index (χ2v) is 5.12. The first-order valence-corrected chi connectivity index (χ1v) is 6.48. The van der Waals surface area contributed by atoms with Gasteiger partial charge in [0.25, 0.3) is 0 Å². The molecule has 2 aromatic rings. The summed E-state index contributed by atoms with van der Waals surface area (Å²) in [6, 6.07) is 10.4. The number of nitrogen functional groups attached to an aromatic ring is 1. The van der Waals surface area contributed by atoms with Crippen LogP contribution >= 0.6 is 0 Å². The fourth-order valence-corrected chi connectivity index (χ4v) is 2.03. The molecule has 2 N–H and O–H groups in total. The molecule has 0 aliphatic rings. The van der Waals surface area contributed by atoms with Gasteiger partial charge in [0.15, 0.2) is 0 Å². The minimum absolute atomic E-state index is 0.739. The van der Waals surface area contributed by atoms with Gasteiger partial charge in [0.05, 0.1) is 11.4 Å². The minimum atomic E-state index is 0.739. The van der Waals surface area contributed by atoms with Crippen molar-refractivity contribution in [2.24, 2.45) is 0 Å². The fraction of sp³-hybridized carbons (Fsp3) is 0.312. The molecule has 0 aliphatic heterocycles. The summed E-state index contributed by atoms with van der Waals surface area (Å²) in [6.07, 6.45) is 0. The van der Waals surface area contributed by atoms with Gasteiger partial charge in [-0.25, -0.2) is 4.98 Å². The van der Waals surface area contributed by atoms with E-state index in [1.54, 1.807) is 0 Å². The zero-order valence-electron chi connectivity index (χ0n) is 12.1. The number of nitrogens with two attached hydrogens (primary N) is 1. The molecule has 0 saturated heterocycles. The van der Waals surface area contributed by atoms with Gasteiger partial charge in [-0.3, -0.25) is 0 Å². The molecule has 0 atom stereocenters. The lowest BCUT2D eigenvalue weighted by Crippen LogP contribution is -2.18. The van der Waals surface area contributed by atoms with Gasteiger partial charge in [-0.15, -0.1) is 0 Å². The van der Waals surface area contributed by atoms with Crippen LogP contribution in [0.3, 0.4) is 0 Å². The van der Waals surface area contributed by atoms with E-state index in [9.17, 15) is 0 Å². The molecule has 0 saturated carbocycles. The molecule has 3 nitrogen and oxygen atoms in total. The molecule has 0 aliphatic carbocycles. The summed E-state index contributed by atoms with van der Waals surface area (Å²) in [4.78, 5) is 6.65. The van der Waals surface area contributed by atoms with Crippen molar-refractivity contribution in [3.8, 4) is 0 Å². The molecular formula is C16H21N3. The first-order chi connectivity index (χ1) is 8.97. The molecule has 3 heteroatoms. The minimum Gasteiger partial charge on any atom is -0.397 e. The van der Waals surface area contributed by atoms with Gasteiger partial charge in [-0.2, -0.15) is 0 Å². The van der Waals surface area contributed by atoms with E-state index in [-0.39, 0.29) is 0 Å². The van der Waals surface area contributed by atoms with E-state index in [4.69, 9.17) is 5.73 Å². The van der Waals surface area contributed by atoms with Crippen LogP contribution in [0, 0.1) is 20.8 Å². The smallest absolute Gasteiger partial charge is 0.128 e. The number of hydrogen-bond acceptors (Lipinski definition) is 3. The van der Waals surface area contributed by atoms with Crippen LogP contribution in [0.4, 0.5) is 11.5 Å². The van der Waals surface area contributed by atoms with Crippen LogP contribution in [0.5, 0.6) is 0 Å². The van der Waals surface area contributed by atoms with Gasteiger partial charge < -0.3 is 10.6 Å². The van der Waals surface area contributed by atoms with Gasteiger partial charge in [0.2, 0.25) is 0 Å². The summed E-state index contributed by atoms with van der Waals surface area (Å²) in [5.41, 5.74) is 11.4. The van der Waals surface area contributed by atoms with Crippen LogP contribution < -0.4 is 10.6 Å². The van der Waals surface area contributed by atoms with Crippen molar-refractivity contribution in [3.05, 3.63) is 52.7 Å². The van der Waals surface area contributed by atoms with Crippen molar-refractivity contribution in [1.82, 2.24) is 4.98 Å². The van der Waals surface area contributed by atoms with Crippen LogP contribution in [0.1, 0.15) is 22.4 Å². The maximum absolute atomic E-state index is 5.80. The standard InChI is InChI=1S/C16H21N3/c1-11-5-6-14(9-12(11)2)10-19(4)16-8-7-15(17)13(3)18-16/h5-9H,10,17H2,1-4H3. The molecule has 1 heterocycles. The van der Waals surface area contributed by atoms with E-state index < -0.39 is 0 Å². The molecule has 2 rings (SSSR count). The van der Waals surface area contributed by atoms with Crippen LogP contribution in [0.2, 0.25) is 0 Å². The summed E-state index contributed by atoms with van der Waals surface area (Å²) in [7, 11) is 2.05. The topological polar surface area (TPSA) is 42.1 Å². The molecule has 100 valence electrons. The van der Waals surface area contributed by atoms with E-state index >= 15 is 0 Å². The van der Waals surface area contributed by atoms with Gasteiger partial charge >= 0.3 is 0 Å². The fourth-order valence-electron chi connectivity index (χ4n) is 2.03. The molecule has 0 unspecified atom stereocenters. The largest absolute Gasteiger partial charge is 0.397 e. The third-order valence-electron chi connectivity index (χ3n) is 3.49. The average molecular weight is 255 g/mol. The highest BCUT2D eigenvalue weighted by molar-refractivity contribution is 5.50. The summed E-state index contributed by atoms with van der Waals surface area (Å²) in [5.74, 6) is 0.949. The predicted octanol–water partition coefficient (Wildman–Crippen LogP) is 3.23. The van der Waals surface area contributed by atoms with Crippen LogP contribution in [0.25, 0.3) is 0 Å². The third-order valence-corrected chi connectivity index (χ3v) is 3.49. The normalized spacial score (nSPS) is 10.5. The Kier molecular flexibility index (Phi) is 3.74. The van der Waals surface area contributed by atoms with Crippen LogP contribution in [0.15, 0.2) is 30.3 Å². The Morgan fingerprint density at radius 2 is 1.79 bits per heavy atom. The zero-order valence-corrected chi connectivity index (χ0v) is 12.1. The van der Waals surface area contributed by atoms with Crippen molar-refractivity contribution in [2.75, 3.05) is 17.7 Å². The Morgan fingerprint density at radius 1 is 1.05 bits per heavy atom. The van der Waals surface area contributed by atoms with Crippen molar-refractivity contribution in [2.45, 2.75) is 27.3 Å². The number of hydrogen-bond donors (Lipinski definition) is 1. The van der Waals surface area contributed by atoms with Crippen molar-refractivity contribution < 1.29 is 0 Å². The lowest BCUT2D eigenvalue weighted by molar-refractivity contribution is 0.891.